The van der Waals surface area contributed by atoms with Crippen LogP contribution in [0.3, 0.4) is 0 Å². The van der Waals surface area contributed by atoms with E-state index in [1.807, 2.05) is 30.3 Å². The minimum atomic E-state index is -0.0109. The molecule has 0 aliphatic rings. The Morgan fingerprint density at radius 1 is 1.00 bits per heavy atom. The second-order valence-electron chi connectivity index (χ2n) is 3.70. The lowest BCUT2D eigenvalue weighted by molar-refractivity contribution is 0.282. The SMILES string of the molecule is N#Cc1cc(-c2ccc(CO)cc2)ccc1O. The number of benzene rings is 2. The second-order valence-corrected chi connectivity index (χ2v) is 3.70. The normalized spacial score (nSPS) is 9.88. The molecule has 0 aliphatic carbocycles. The first kappa shape index (κ1) is 11.2. The molecule has 0 bridgehead atoms. The Balaban J connectivity index is 2.43. The van der Waals surface area contributed by atoms with Crippen LogP contribution >= 0.6 is 0 Å². The van der Waals surface area contributed by atoms with Crippen LogP contribution in [0.5, 0.6) is 5.75 Å². The predicted octanol–water partition coefficient (Wildman–Crippen LogP) is 2.42. The lowest BCUT2D eigenvalue weighted by Crippen LogP contribution is -1.84. The molecule has 0 aromatic heterocycles. The standard InChI is InChI=1S/C14H11NO2/c15-8-13-7-12(5-6-14(13)17)11-3-1-10(9-16)2-4-11/h1-7,16-17H,9H2. The van der Waals surface area contributed by atoms with Gasteiger partial charge in [0.25, 0.3) is 0 Å². The number of hydrogen-bond donors (Lipinski definition) is 2. The molecule has 2 aromatic rings. The molecular formula is C14H11NO2. The molecule has 17 heavy (non-hydrogen) atoms. The molecule has 0 saturated heterocycles. The van der Waals surface area contributed by atoms with Gasteiger partial charge in [0, 0.05) is 0 Å². The Morgan fingerprint density at radius 3 is 2.24 bits per heavy atom. The summed E-state index contributed by atoms with van der Waals surface area (Å²) in [6.45, 7) is 0.0132. The average molecular weight is 225 g/mol. The average Bonchev–Trinajstić information content (AvgIpc) is 2.39. The van der Waals surface area contributed by atoms with Crippen molar-refractivity contribution in [2.45, 2.75) is 6.61 Å². The van der Waals surface area contributed by atoms with Crippen molar-refractivity contribution in [3.63, 3.8) is 0 Å². The minimum absolute atomic E-state index is 0.0109. The van der Waals surface area contributed by atoms with Crippen LogP contribution in [0.1, 0.15) is 11.1 Å². The van der Waals surface area contributed by atoms with Gasteiger partial charge in [0.05, 0.1) is 12.2 Å². The molecule has 0 radical (unpaired) electrons. The lowest BCUT2D eigenvalue weighted by atomic mass is 10.0. The van der Waals surface area contributed by atoms with Crippen LogP contribution in [0.4, 0.5) is 0 Å². The Morgan fingerprint density at radius 2 is 1.65 bits per heavy atom. The van der Waals surface area contributed by atoms with Gasteiger partial charge in [-0.3, -0.25) is 0 Å². The summed E-state index contributed by atoms with van der Waals surface area (Å²) in [4.78, 5) is 0. The lowest BCUT2D eigenvalue weighted by Gasteiger charge is -2.04. The Hall–Kier alpha value is -2.31. The van der Waals surface area contributed by atoms with E-state index in [2.05, 4.69) is 0 Å². The summed E-state index contributed by atoms with van der Waals surface area (Å²) in [6.07, 6.45) is 0. The van der Waals surface area contributed by atoms with E-state index >= 15 is 0 Å². The number of nitriles is 1. The molecule has 0 heterocycles. The van der Waals surface area contributed by atoms with E-state index in [1.54, 1.807) is 12.1 Å². The number of rotatable bonds is 2. The van der Waals surface area contributed by atoms with E-state index in [9.17, 15) is 5.11 Å². The fraction of sp³-hybridized carbons (Fsp3) is 0.0714. The smallest absolute Gasteiger partial charge is 0.133 e. The van der Waals surface area contributed by atoms with Gasteiger partial charge in [-0.05, 0) is 28.8 Å². The van der Waals surface area contributed by atoms with E-state index in [4.69, 9.17) is 10.4 Å². The molecule has 0 spiro atoms. The van der Waals surface area contributed by atoms with Crippen LogP contribution in [0.25, 0.3) is 11.1 Å². The van der Waals surface area contributed by atoms with Crippen molar-refractivity contribution in [3.8, 4) is 22.9 Å². The zero-order valence-corrected chi connectivity index (χ0v) is 9.09. The van der Waals surface area contributed by atoms with Gasteiger partial charge in [-0.2, -0.15) is 5.26 Å². The number of aliphatic hydroxyl groups excluding tert-OH is 1. The fourth-order valence-electron chi connectivity index (χ4n) is 1.61. The van der Waals surface area contributed by atoms with Crippen LogP contribution in [-0.2, 0) is 6.61 Å². The van der Waals surface area contributed by atoms with E-state index in [0.29, 0.717) is 0 Å². The minimum Gasteiger partial charge on any atom is -0.507 e. The van der Waals surface area contributed by atoms with Crippen molar-refractivity contribution in [2.24, 2.45) is 0 Å². The molecule has 0 saturated carbocycles. The Labute approximate surface area is 99.2 Å². The number of phenolic OH excluding ortho intramolecular Hbond substituents is 1. The number of hydrogen-bond acceptors (Lipinski definition) is 3. The van der Waals surface area contributed by atoms with E-state index in [-0.39, 0.29) is 17.9 Å². The molecule has 0 aliphatic heterocycles. The number of aliphatic hydroxyl groups is 1. The molecule has 3 heteroatoms. The highest BCUT2D eigenvalue weighted by Crippen LogP contribution is 2.25. The molecular weight excluding hydrogens is 214 g/mol. The maximum atomic E-state index is 9.41. The van der Waals surface area contributed by atoms with Crippen molar-refractivity contribution in [1.29, 1.82) is 5.26 Å². The van der Waals surface area contributed by atoms with Crippen molar-refractivity contribution < 1.29 is 10.2 Å². The topological polar surface area (TPSA) is 64.2 Å². The van der Waals surface area contributed by atoms with Gasteiger partial charge in [-0.15, -0.1) is 0 Å². The molecule has 0 fully saturated rings. The molecule has 2 N–H and O–H groups in total. The highest BCUT2D eigenvalue weighted by Gasteiger charge is 2.03. The molecule has 0 amide bonds. The van der Waals surface area contributed by atoms with E-state index in [1.165, 1.54) is 6.07 Å². The molecule has 0 unspecified atom stereocenters. The van der Waals surface area contributed by atoms with Crippen molar-refractivity contribution in [2.75, 3.05) is 0 Å². The summed E-state index contributed by atoms with van der Waals surface area (Å²) in [7, 11) is 0. The second kappa shape index (κ2) is 4.69. The largest absolute Gasteiger partial charge is 0.507 e. The van der Waals surface area contributed by atoms with Crippen molar-refractivity contribution in [3.05, 3.63) is 53.6 Å². The van der Waals surface area contributed by atoms with E-state index < -0.39 is 0 Å². The van der Waals surface area contributed by atoms with Crippen LogP contribution < -0.4 is 0 Å². The van der Waals surface area contributed by atoms with Crippen LogP contribution in [-0.4, -0.2) is 10.2 Å². The zero-order chi connectivity index (χ0) is 12.3. The number of aromatic hydroxyl groups is 1. The summed E-state index contributed by atoms with van der Waals surface area (Å²) in [6, 6.07) is 14.2. The maximum Gasteiger partial charge on any atom is 0.133 e. The molecule has 84 valence electrons. The van der Waals surface area contributed by atoms with Gasteiger partial charge >= 0.3 is 0 Å². The highest BCUT2D eigenvalue weighted by molar-refractivity contribution is 5.67. The van der Waals surface area contributed by atoms with Crippen LogP contribution in [0.15, 0.2) is 42.5 Å². The van der Waals surface area contributed by atoms with Gasteiger partial charge in [0.15, 0.2) is 0 Å². The Kier molecular flexibility index (Phi) is 3.08. The van der Waals surface area contributed by atoms with Gasteiger partial charge < -0.3 is 10.2 Å². The summed E-state index contributed by atoms with van der Waals surface area (Å²) in [5.74, 6) is -0.0109. The summed E-state index contributed by atoms with van der Waals surface area (Å²) < 4.78 is 0. The third-order valence-electron chi connectivity index (χ3n) is 2.59. The van der Waals surface area contributed by atoms with Gasteiger partial charge in [-0.1, -0.05) is 30.3 Å². The predicted molar refractivity (Wildman–Crippen MR) is 64.2 cm³/mol. The summed E-state index contributed by atoms with van der Waals surface area (Å²) in [5, 5.41) is 27.2. The zero-order valence-electron chi connectivity index (χ0n) is 9.09. The number of phenols is 1. The summed E-state index contributed by atoms with van der Waals surface area (Å²) >= 11 is 0. The quantitative estimate of drug-likeness (QED) is 0.824. The van der Waals surface area contributed by atoms with Crippen molar-refractivity contribution in [1.82, 2.24) is 0 Å². The molecule has 2 aromatic carbocycles. The highest BCUT2D eigenvalue weighted by atomic mass is 16.3. The van der Waals surface area contributed by atoms with Crippen molar-refractivity contribution >= 4 is 0 Å². The fourth-order valence-corrected chi connectivity index (χ4v) is 1.61. The molecule has 3 nitrogen and oxygen atoms in total. The molecule has 0 atom stereocenters. The Bertz CT molecular complexity index is 568. The van der Waals surface area contributed by atoms with Crippen LogP contribution in [0, 0.1) is 11.3 Å². The van der Waals surface area contributed by atoms with Gasteiger partial charge in [0.1, 0.15) is 11.8 Å². The van der Waals surface area contributed by atoms with Gasteiger partial charge in [0.2, 0.25) is 0 Å². The summed E-state index contributed by atoms with van der Waals surface area (Å²) in [5.41, 5.74) is 2.91. The monoisotopic (exact) mass is 225 g/mol. The molecule has 2 rings (SSSR count). The number of nitrogens with zero attached hydrogens (tertiary/aromatic N) is 1. The first-order valence-electron chi connectivity index (χ1n) is 5.18. The third-order valence-corrected chi connectivity index (χ3v) is 2.59. The van der Waals surface area contributed by atoms with Crippen LogP contribution in [0.2, 0.25) is 0 Å². The van der Waals surface area contributed by atoms with Gasteiger partial charge in [-0.25, -0.2) is 0 Å². The first-order valence-corrected chi connectivity index (χ1v) is 5.18. The maximum absolute atomic E-state index is 9.41. The van der Waals surface area contributed by atoms with E-state index in [0.717, 1.165) is 16.7 Å². The third kappa shape index (κ3) is 2.27. The first-order chi connectivity index (χ1) is 8.24.